The Balaban J connectivity index is 1.72. The van der Waals surface area contributed by atoms with Gasteiger partial charge in [0.15, 0.2) is 0 Å². The van der Waals surface area contributed by atoms with Crippen LogP contribution in [0.1, 0.15) is 146 Å². The fraction of sp³-hybridized carbons (Fsp3) is 0.711. The second-order valence-electron chi connectivity index (χ2n) is 17.9. The Kier molecular flexibility index (Phi) is 19.6. The maximum atomic E-state index is 14.9. The van der Waals surface area contributed by atoms with Gasteiger partial charge >= 0.3 is 28.0 Å². The Morgan fingerprint density at radius 3 is 2.00 bits per heavy atom. The highest BCUT2D eigenvalue weighted by Gasteiger charge is 2.69. The third kappa shape index (κ3) is 12.6. The van der Waals surface area contributed by atoms with E-state index in [0.717, 1.165) is 24.2 Å². The number of para-hydroxylation sites is 1. The number of hydrogen-bond acceptors (Lipinski definition) is 12. The van der Waals surface area contributed by atoms with Gasteiger partial charge in [-0.25, -0.2) is 4.79 Å². The molecule has 61 heavy (non-hydrogen) atoms. The predicted octanol–water partition coefficient (Wildman–Crippen LogP) is 10.1. The molecule has 2 aliphatic heterocycles. The van der Waals surface area contributed by atoms with E-state index in [0.29, 0.717) is 12.2 Å². The summed E-state index contributed by atoms with van der Waals surface area (Å²) < 4.78 is 40.6. The molecule has 3 heterocycles. The fourth-order valence-corrected chi connectivity index (χ4v) is 20.1. The van der Waals surface area contributed by atoms with Crippen molar-refractivity contribution in [1.29, 1.82) is 5.26 Å². The van der Waals surface area contributed by atoms with Crippen LogP contribution in [0.15, 0.2) is 47.4 Å². The first kappa shape index (κ1) is 50.6. The molecule has 2 aliphatic rings. The molecule has 0 spiro atoms. The van der Waals surface area contributed by atoms with Crippen LogP contribution in [0.4, 0.5) is 5.82 Å². The van der Waals surface area contributed by atoms with Crippen molar-refractivity contribution < 1.29 is 37.1 Å². The number of benzene rings is 1. The summed E-state index contributed by atoms with van der Waals surface area (Å²) in [5.41, 5.74) is -0.983. The molecular formula is C45H72N4O9SSi2. The summed E-state index contributed by atoms with van der Waals surface area (Å²) in [6.07, 6.45) is 11.2. The first-order valence-electron chi connectivity index (χ1n) is 22.7. The summed E-state index contributed by atoms with van der Waals surface area (Å²) in [5.74, 6) is -4.27. The van der Waals surface area contributed by atoms with Crippen molar-refractivity contribution in [2.75, 3.05) is 11.5 Å². The Hall–Kier alpha value is -3.02. The molecule has 13 nitrogen and oxygen atoms in total. The zero-order valence-electron chi connectivity index (χ0n) is 38.0. The minimum atomic E-state index is -3.43. The molecule has 2 N–H and O–H groups in total. The summed E-state index contributed by atoms with van der Waals surface area (Å²) in [6.45, 7) is 18.7. The number of nitrogens with one attached hydrogen (secondary N) is 1. The summed E-state index contributed by atoms with van der Waals surface area (Å²) in [5, 5.41) is 23.3. The van der Waals surface area contributed by atoms with Crippen molar-refractivity contribution in [3.05, 3.63) is 53.1 Å². The Labute approximate surface area is 371 Å². The Morgan fingerprint density at radius 2 is 1.48 bits per heavy atom. The van der Waals surface area contributed by atoms with Crippen LogP contribution < -0.4 is 15.3 Å². The average molecular weight is 901 g/mol. The van der Waals surface area contributed by atoms with Crippen LogP contribution >= 0.6 is 12.2 Å². The van der Waals surface area contributed by atoms with Gasteiger partial charge in [-0.15, -0.1) is 0 Å². The number of H-pyrrole nitrogens is 1. The molecule has 5 atom stereocenters. The van der Waals surface area contributed by atoms with Crippen LogP contribution in [0.2, 0.25) is 22.2 Å². The van der Waals surface area contributed by atoms with Gasteiger partial charge in [-0.05, 0) is 46.8 Å². The number of unbranched alkanes of at least 4 members (excludes halogenated alkanes) is 11. The fourth-order valence-electron chi connectivity index (χ4n) is 8.69. The minimum Gasteiger partial charge on any atom is -0.418 e. The van der Waals surface area contributed by atoms with Crippen molar-refractivity contribution in [2.24, 2.45) is 5.92 Å². The summed E-state index contributed by atoms with van der Waals surface area (Å²) in [7, 11) is -6.50. The average Bonchev–Trinajstić information content (AvgIpc) is 3.45. The SMILES string of the molecule is CCCCCCCCCCCCCCC(C#N)C(=O)N(c1cc[nH]c(=O)n1)[C@@H]1O[C@@H]2CO[Si](C(C)C)(C(C)C)O[Si](C(C)C)(C(C)C)O[C@H]2[C@]1(O)OC(=S)Oc1ccccc1. The number of ether oxygens (including phenoxy) is 3. The molecule has 1 aromatic carbocycles. The normalized spacial score (nSPS) is 22.7. The molecule has 4 rings (SSSR count). The molecule has 2 saturated heterocycles. The van der Waals surface area contributed by atoms with E-state index in [2.05, 4.69) is 50.7 Å². The van der Waals surface area contributed by atoms with Gasteiger partial charge in [-0.3, -0.25) is 9.69 Å². The van der Waals surface area contributed by atoms with Gasteiger partial charge in [-0.1, -0.05) is 158 Å². The van der Waals surface area contributed by atoms with Gasteiger partial charge in [0.1, 0.15) is 29.7 Å². The number of fused-ring (bicyclic) bond motifs is 1. The highest BCUT2D eigenvalue weighted by Crippen LogP contribution is 2.50. The number of aromatic amines is 1. The van der Waals surface area contributed by atoms with Gasteiger partial charge in [0.25, 0.3) is 5.79 Å². The molecule has 0 saturated carbocycles. The van der Waals surface area contributed by atoms with E-state index in [1.807, 2.05) is 33.8 Å². The number of thiocarbonyl (C=S) groups is 1. The lowest BCUT2D eigenvalue weighted by Gasteiger charge is -2.52. The molecule has 2 aromatic rings. The van der Waals surface area contributed by atoms with Crippen LogP contribution in [0.3, 0.4) is 0 Å². The van der Waals surface area contributed by atoms with Gasteiger partial charge in [-0.2, -0.15) is 10.2 Å². The monoisotopic (exact) mass is 900 g/mol. The topological polar surface area (TPSA) is 165 Å². The number of anilines is 1. The van der Waals surface area contributed by atoms with Gasteiger partial charge in [0, 0.05) is 18.4 Å². The molecule has 2 fully saturated rings. The van der Waals surface area contributed by atoms with Gasteiger partial charge in [0.2, 0.25) is 12.1 Å². The number of hydrogen-bond donors (Lipinski definition) is 2. The van der Waals surface area contributed by atoms with Crippen molar-refractivity contribution in [1.82, 2.24) is 9.97 Å². The zero-order valence-corrected chi connectivity index (χ0v) is 40.8. The third-order valence-electron chi connectivity index (χ3n) is 12.1. The number of nitrogens with zero attached hydrogens (tertiary/aromatic N) is 3. The molecule has 1 unspecified atom stereocenters. The Morgan fingerprint density at radius 1 is 0.918 bits per heavy atom. The first-order valence-corrected chi connectivity index (χ1v) is 27.0. The zero-order chi connectivity index (χ0) is 44.8. The van der Waals surface area contributed by atoms with E-state index in [1.54, 1.807) is 24.3 Å². The predicted molar refractivity (Wildman–Crippen MR) is 245 cm³/mol. The van der Waals surface area contributed by atoms with Crippen LogP contribution in [0, 0.1) is 17.2 Å². The number of nitriles is 1. The quantitative estimate of drug-likeness (QED) is 0.0498. The van der Waals surface area contributed by atoms with E-state index >= 15 is 0 Å². The van der Waals surface area contributed by atoms with Crippen LogP contribution in [-0.2, 0) is 27.2 Å². The number of carbonyl (C=O) groups excluding carboxylic acids is 1. The molecule has 0 bridgehead atoms. The van der Waals surface area contributed by atoms with Crippen molar-refractivity contribution in [2.45, 2.75) is 192 Å². The summed E-state index contributed by atoms with van der Waals surface area (Å²) >= 11 is 5.63. The second-order valence-corrected chi connectivity index (χ2v) is 27.1. The molecule has 16 heteroatoms. The molecule has 0 aliphatic carbocycles. The maximum absolute atomic E-state index is 14.9. The summed E-state index contributed by atoms with van der Waals surface area (Å²) in [4.78, 5) is 35.4. The van der Waals surface area contributed by atoms with Gasteiger partial charge < -0.3 is 37.3 Å². The number of amides is 1. The molecule has 0 radical (unpaired) electrons. The third-order valence-corrected chi connectivity index (χ3v) is 22.5. The summed E-state index contributed by atoms with van der Waals surface area (Å²) in [6, 6.07) is 12.3. The lowest BCUT2D eigenvalue weighted by Crippen LogP contribution is -2.68. The molecule has 1 amide bonds. The van der Waals surface area contributed by atoms with Crippen molar-refractivity contribution >= 4 is 46.3 Å². The van der Waals surface area contributed by atoms with E-state index in [9.17, 15) is 20.0 Å². The first-order chi connectivity index (χ1) is 29.1. The lowest BCUT2D eigenvalue weighted by atomic mass is 9.98. The van der Waals surface area contributed by atoms with Crippen LogP contribution in [0.25, 0.3) is 0 Å². The second kappa shape index (κ2) is 23.6. The van der Waals surface area contributed by atoms with Crippen molar-refractivity contribution in [3.63, 3.8) is 0 Å². The molecule has 340 valence electrons. The maximum Gasteiger partial charge on any atom is 0.360 e. The van der Waals surface area contributed by atoms with E-state index in [1.165, 1.54) is 63.6 Å². The van der Waals surface area contributed by atoms with Crippen LogP contribution in [0.5, 0.6) is 5.75 Å². The van der Waals surface area contributed by atoms with Crippen molar-refractivity contribution in [3.8, 4) is 11.8 Å². The number of aromatic nitrogens is 2. The van der Waals surface area contributed by atoms with E-state index in [4.69, 9.17) is 39.4 Å². The van der Waals surface area contributed by atoms with E-state index in [-0.39, 0.29) is 41.0 Å². The highest BCUT2D eigenvalue weighted by atomic mass is 32.1. The molecule has 1 aromatic heterocycles. The number of aliphatic hydroxyl groups is 1. The van der Waals surface area contributed by atoms with Gasteiger partial charge in [0.05, 0.1) is 12.7 Å². The highest BCUT2D eigenvalue weighted by molar-refractivity contribution is 7.79. The smallest absolute Gasteiger partial charge is 0.360 e. The lowest BCUT2D eigenvalue weighted by molar-refractivity contribution is -0.222. The van der Waals surface area contributed by atoms with Crippen LogP contribution in [-0.4, -0.2) is 74.2 Å². The minimum absolute atomic E-state index is 0.0197. The molecular weight excluding hydrogens is 829 g/mol. The largest absolute Gasteiger partial charge is 0.418 e. The standard InChI is InChI=1S/C45H72N4O9SSi2/c1-10-11-12-13-14-15-16-17-18-19-20-22-25-36(30-46)41(50)49(39-28-29-47-43(51)48-39)42-45(52,56-44(59)54-37-26-23-21-24-27-37)40-38(55-42)31-53-60(32(2)3,33(4)5)58-61(57-40,34(6)7)35(8)9/h21,23-24,26-29,32-36,38,40,42,52H,10-20,22,25,31H2,1-9H3,(H,47,48,51)/t36?,38-,40-,42-,45+/m1/s1. The van der Waals surface area contributed by atoms with E-state index < -0.39 is 64.1 Å². The number of carbonyl (C=O) groups is 1. The number of rotatable bonds is 22. The Bertz CT molecular complexity index is 1760.